The van der Waals surface area contributed by atoms with Crippen LogP contribution < -0.4 is 4.90 Å². The molecule has 0 saturated carbocycles. The average molecular weight is 348 g/mol. The van der Waals surface area contributed by atoms with Crippen LogP contribution in [-0.2, 0) is 4.79 Å². The summed E-state index contributed by atoms with van der Waals surface area (Å²) in [5.74, 6) is 1.18. The van der Waals surface area contributed by atoms with E-state index in [1.54, 1.807) is 29.6 Å². The molecule has 6 nitrogen and oxygen atoms in total. The Kier molecular flexibility index (Phi) is 5.01. The highest BCUT2D eigenvalue weighted by atomic mass is 32.1. The van der Waals surface area contributed by atoms with Crippen LogP contribution in [0.15, 0.2) is 6.33 Å². The van der Waals surface area contributed by atoms with Gasteiger partial charge in [0.15, 0.2) is 0 Å². The van der Waals surface area contributed by atoms with Crippen molar-refractivity contribution in [3.63, 3.8) is 0 Å². The minimum absolute atomic E-state index is 0.0107. The van der Waals surface area contributed by atoms with Crippen LogP contribution >= 0.6 is 11.3 Å². The number of nitrogens with zero attached hydrogens (tertiary/aromatic N) is 4. The van der Waals surface area contributed by atoms with Gasteiger partial charge in [0.2, 0.25) is 5.91 Å². The number of aliphatic hydroxyl groups is 1. The van der Waals surface area contributed by atoms with E-state index < -0.39 is 0 Å². The van der Waals surface area contributed by atoms with E-state index in [4.69, 9.17) is 5.11 Å². The lowest BCUT2D eigenvalue weighted by Crippen LogP contribution is -2.42. The molecular formula is C17H24N4O2S. The topological polar surface area (TPSA) is 69.6 Å². The molecule has 3 rings (SSSR count). The summed E-state index contributed by atoms with van der Waals surface area (Å²) in [4.78, 5) is 27.5. The highest BCUT2D eigenvalue weighted by molar-refractivity contribution is 7.18. The van der Waals surface area contributed by atoms with Gasteiger partial charge in [-0.2, -0.15) is 0 Å². The molecule has 3 heterocycles. The number of thiophene rings is 1. The lowest BCUT2D eigenvalue weighted by molar-refractivity contribution is -0.135. The lowest BCUT2D eigenvalue weighted by atomic mass is 9.95. The van der Waals surface area contributed by atoms with Crippen molar-refractivity contribution in [3.05, 3.63) is 16.8 Å². The molecule has 1 amide bonds. The summed E-state index contributed by atoms with van der Waals surface area (Å²) in [5, 5.41) is 10.1. The second-order valence-electron chi connectivity index (χ2n) is 6.41. The third-order valence-electron chi connectivity index (χ3n) is 4.90. The molecule has 1 N–H and O–H groups in total. The number of fused-ring (bicyclic) bond motifs is 1. The minimum Gasteiger partial charge on any atom is -0.395 e. The van der Waals surface area contributed by atoms with Crippen molar-refractivity contribution >= 4 is 33.3 Å². The maximum atomic E-state index is 12.4. The number of rotatable bonds is 4. The molecule has 0 spiro atoms. The van der Waals surface area contributed by atoms with E-state index in [2.05, 4.69) is 28.7 Å². The van der Waals surface area contributed by atoms with Crippen LogP contribution in [0.4, 0.5) is 5.82 Å². The normalized spacial score (nSPS) is 15.9. The van der Waals surface area contributed by atoms with Crippen LogP contribution in [-0.4, -0.2) is 59.2 Å². The van der Waals surface area contributed by atoms with E-state index in [1.807, 2.05) is 0 Å². The largest absolute Gasteiger partial charge is 0.395 e. The van der Waals surface area contributed by atoms with Crippen LogP contribution in [0.1, 0.15) is 23.3 Å². The molecule has 2 aromatic heterocycles. The van der Waals surface area contributed by atoms with Crippen molar-refractivity contribution in [3.8, 4) is 0 Å². The molecule has 0 radical (unpaired) electrons. The highest BCUT2D eigenvalue weighted by Crippen LogP contribution is 2.35. The Hall–Kier alpha value is -1.73. The number of hydrogen-bond donors (Lipinski definition) is 1. The molecule has 1 fully saturated rings. The van der Waals surface area contributed by atoms with Gasteiger partial charge in [-0.3, -0.25) is 4.79 Å². The van der Waals surface area contributed by atoms with Crippen molar-refractivity contribution < 1.29 is 9.90 Å². The summed E-state index contributed by atoms with van der Waals surface area (Å²) >= 11 is 1.71. The number of anilines is 1. The van der Waals surface area contributed by atoms with Crippen LogP contribution in [0.3, 0.4) is 0 Å². The van der Waals surface area contributed by atoms with Gasteiger partial charge in [-0.05, 0) is 32.3 Å². The molecule has 130 valence electrons. The number of aryl methyl sites for hydroxylation is 2. The monoisotopic (exact) mass is 348 g/mol. The first-order chi connectivity index (χ1) is 11.5. The predicted octanol–water partition coefficient (Wildman–Crippen LogP) is 1.98. The SMILES string of the molecule is Cc1sc2ncnc(N3CCC(C(=O)N(C)CCO)CC3)c2c1C. The summed E-state index contributed by atoms with van der Waals surface area (Å²) in [5.41, 5.74) is 1.26. The van der Waals surface area contributed by atoms with Gasteiger partial charge >= 0.3 is 0 Å². The Morgan fingerprint density at radius 1 is 1.38 bits per heavy atom. The van der Waals surface area contributed by atoms with E-state index in [0.717, 1.165) is 42.0 Å². The van der Waals surface area contributed by atoms with Crippen LogP contribution in [0.25, 0.3) is 10.2 Å². The third-order valence-corrected chi connectivity index (χ3v) is 6.02. The second-order valence-corrected chi connectivity index (χ2v) is 7.61. The van der Waals surface area contributed by atoms with Gasteiger partial charge in [-0.15, -0.1) is 11.3 Å². The Morgan fingerprint density at radius 3 is 2.75 bits per heavy atom. The predicted molar refractivity (Wildman–Crippen MR) is 96.5 cm³/mol. The van der Waals surface area contributed by atoms with Crippen molar-refractivity contribution in [2.75, 3.05) is 38.2 Å². The standard InChI is InChI=1S/C17H24N4O2S/c1-11-12(2)24-16-14(11)15(18-10-19-16)21-6-4-13(5-7-21)17(23)20(3)8-9-22/h10,13,22H,4-9H2,1-3H3. The molecule has 1 aliphatic heterocycles. The number of carbonyl (C=O) groups is 1. The number of piperidine rings is 1. The fourth-order valence-corrected chi connectivity index (χ4v) is 4.31. The van der Waals surface area contributed by atoms with Gasteiger partial charge in [0.1, 0.15) is 17.0 Å². The quantitative estimate of drug-likeness (QED) is 0.915. The van der Waals surface area contributed by atoms with Crippen molar-refractivity contribution in [2.45, 2.75) is 26.7 Å². The van der Waals surface area contributed by atoms with Gasteiger partial charge in [0.25, 0.3) is 0 Å². The number of aromatic nitrogens is 2. The van der Waals surface area contributed by atoms with Crippen molar-refractivity contribution in [1.82, 2.24) is 14.9 Å². The molecule has 0 unspecified atom stereocenters. The smallest absolute Gasteiger partial charge is 0.225 e. The van der Waals surface area contributed by atoms with Crippen molar-refractivity contribution in [1.29, 1.82) is 0 Å². The second kappa shape index (κ2) is 7.03. The first kappa shape index (κ1) is 17.1. The Bertz CT molecular complexity index is 738. The molecule has 1 saturated heterocycles. The zero-order chi connectivity index (χ0) is 17.3. The number of carbonyl (C=O) groups excluding carboxylic acids is 1. The summed E-state index contributed by atoms with van der Waals surface area (Å²) < 4.78 is 0. The minimum atomic E-state index is 0.0107. The van der Waals surface area contributed by atoms with Gasteiger partial charge in [-0.25, -0.2) is 9.97 Å². The number of likely N-dealkylation sites (N-methyl/N-ethyl adjacent to an activating group) is 1. The lowest BCUT2D eigenvalue weighted by Gasteiger charge is -2.34. The summed E-state index contributed by atoms with van der Waals surface area (Å²) in [6.45, 7) is 6.30. The van der Waals surface area contributed by atoms with Gasteiger partial charge in [-0.1, -0.05) is 0 Å². The molecule has 2 aromatic rings. The molecule has 7 heteroatoms. The summed E-state index contributed by atoms with van der Waals surface area (Å²) in [6.07, 6.45) is 3.28. The average Bonchev–Trinajstić information content (AvgIpc) is 2.89. The fourth-order valence-electron chi connectivity index (χ4n) is 3.31. The number of hydrogen-bond acceptors (Lipinski definition) is 6. The molecular weight excluding hydrogens is 324 g/mol. The number of aliphatic hydroxyl groups excluding tert-OH is 1. The Balaban J connectivity index is 1.75. The summed E-state index contributed by atoms with van der Waals surface area (Å²) in [6, 6.07) is 0. The molecule has 24 heavy (non-hydrogen) atoms. The first-order valence-electron chi connectivity index (χ1n) is 8.34. The Labute approximate surface area is 146 Å². The van der Waals surface area contributed by atoms with E-state index in [9.17, 15) is 4.79 Å². The maximum Gasteiger partial charge on any atom is 0.225 e. The highest BCUT2D eigenvalue weighted by Gasteiger charge is 2.28. The van der Waals surface area contributed by atoms with E-state index in [1.165, 1.54) is 10.4 Å². The molecule has 0 aromatic carbocycles. The fraction of sp³-hybridized carbons (Fsp3) is 0.588. The van der Waals surface area contributed by atoms with E-state index >= 15 is 0 Å². The third kappa shape index (κ3) is 3.10. The molecule has 1 aliphatic rings. The van der Waals surface area contributed by atoms with Crippen LogP contribution in [0, 0.1) is 19.8 Å². The van der Waals surface area contributed by atoms with Gasteiger partial charge < -0.3 is 14.9 Å². The Morgan fingerprint density at radius 2 is 2.08 bits per heavy atom. The van der Waals surface area contributed by atoms with E-state index in [0.29, 0.717) is 6.54 Å². The molecule has 0 aliphatic carbocycles. The first-order valence-corrected chi connectivity index (χ1v) is 9.16. The molecule has 0 bridgehead atoms. The van der Waals surface area contributed by atoms with Crippen LogP contribution in [0.5, 0.6) is 0 Å². The van der Waals surface area contributed by atoms with Gasteiger partial charge in [0, 0.05) is 37.5 Å². The summed E-state index contributed by atoms with van der Waals surface area (Å²) in [7, 11) is 1.76. The zero-order valence-corrected chi connectivity index (χ0v) is 15.3. The van der Waals surface area contributed by atoms with E-state index in [-0.39, 0.29) is 18.4 Å². The zero-order valence-electron chi connectivity index (χ0n) is 14.4. The van der Waals surface area contributed by atoms with Crippen molar-refractivity contribution in [2.24, 2.45) is 5.92 Å². The molecule has 0 atom stereocenters. The van der Waals surface area contributed by atoms with Crippen LogP contribution in [0.2, 0.25) is 0 Å². The maximum absolute atomic E-state index is 12.4. The van der Waals surface area contributed by atoms with Gasteiger partial charge in [0.05, 0.1) is 12.0 Å². The number of amides is 1.